The molecule has 1 heterocycles. The summed E-state index contributed by atoms with van der Waals surface area (Å²) in [5.74, 6) is 1.55. The minimum Gasteiger partial charge on any atom is -0.385 e. The lowest BCUT2D eigenvalue weighted by molar-refractivity contribution is 0.318. The maximum atomic E-state index is 5.30. The molecule has 0 aliphatic heterocycles. The van der Waals surface area contributed by atoms with Gasteiger partial charge in [0.25, 0.3) is 0 Å². The highest BCUT2D eigenvalue weighted by atomic mass is 79.9. The van der Waals surface area contributed by atoms with Crippen LogP contribution in [0.3, 0.4) is 0 Å². The molecule has 0 saturated carbocycles. The fourth-order valence-electron chi connectivity index (χ4n) is 2.08. The van der Waals surface area contributed by atoms with Crippen molar-refractivity contribution in [2.24, 2.45) is 0 Å². The topological polar surface area (TPSA) is 51.0 Å². The van der Waals surface area contributed by atoms with Crippen LogP contribution in [0.15, 0.2) is 33.3 Å². The molecule has 0 aliphatic carbocycles. The highest BCUT2D eigenvalue weighted by molar-refractivity contribution is 9.10. The molecule has 1 aromatic carbocycles. The Bertz CT molecular complexity index is 590. The van der Waals surface area contributed by atoms with Crippen molar-refractivity contribution < 1.29 is 4.52 Å². The number of halogens is 1. The van der Waals surface area contributed by atoms with Crippen molar-refractivity contribution in [3.05, 3.63) is 40.5 Å². The maximum absolute atomic E-state index is 5.30. The highest BCUT2D eigenvalue weighted by Gasteiger charge is 2.21. The summed E-state index contributed by atoms with van der Waals surface area (Å²) >= 11 is 3.47. The molecule has 0 radical (unpaired) electrons. The molecule has 1 aromatic heterocycles. The fourth-order valence-corrected chi connectivity index (χ4v) is 2.48. The van der Waals surface area contributed by atoms with Crippen molar-refractivity contribution in [2.45, 2.75) is 51.9 Å². The minimum absolute atomic E-state index is 0.0703. The number of aryl methyl sites for hydroxylation is 1. The molecule has 0 unspecified atom stereocenters. The lowest BCUT2D eigenvalue weighted by Crippen LogP contribution is -2.11. The minimum atomic E-state index is -0.0703. The van der Waals surface area contributed by atoms with E-state index in [0.717, 1.165) is 54.1 Å². The van der Waals surface area contributed by atoms with E-state index in [2.05, 4.69) is 64.3 Å². The van der Waals surface area contributed by atoms with Gasteiger partial charge < -0.3 is 9.84 Å². The molecule has 0 spiro atoms. The Hall–Kier alpha value is -1.36. The van der Waals surface area contributed by atoms with E-state index in [1.165, 1.54) is 0 Å². The quantitative estimate of drug-likeness (QED) is 0.704. The van der Waals surface area contributed by atoms with Crippen LogP contribution in [0, 0.1) is 0 Å². The molecular formula is C17H24BrN3O. The number of rotatable bonds is 7. The number of aromatic nitrogens is 2. The van der Waals surface area contributed by atoms with E-state index < -0.39 is 0 Å². The Kier molecular flexibility index (Phi) is 6.00. The van der Waals surface area contributed by atoms with Crippen molar-refractivity contribution in [3.63, 3.8) is 0 Å². The van der Waals surface area contributed by atoms with E-state index in [-0.39, 0.29) is 5.41 Å². The average Bonchev–Trinajstić information content (AvgIpc) is 2.91. The summed E-state index contributed by atoms with van der Waals surface area (Å²) in [7, 11) is 0. The first kappa shape index (κ1) is 17.0. The van der Waals surface area contributed by atoms with Crippen LogP contribution in [0.5, 0.6) is 0 Å². The van der Waals surface area contributed by atoms with Gasteiger partial charge in [-0.05, 0) is 31.0 Å². The third-order valence-corrected chi connectivity index (χ3v) is 3.83. The van der Waals surface area contributed by atoms with Crippen LogP contribution in [0.1, 0.15) is 51.7 Å². The van der Waals surface area contributed by atoms with Crippen LogP contribution < -0.4 is 5.32 Å². The lowest BCUT2D eigenvalue weighted by Gasteiger charge is -2.10. The van der Waals surface area contributed by atoms with Crippen LogP contribution in [0.2, 0.25) is 0 Å². The van der Waals surface area contributed by atoms with Gasteiger partial charge in [-0.25, -0.2) is 0 Å². The average molecular weight is 366 g/mol. The van der Waals surface area contributed by atoms with Crippen molar-refractivity contribution in [1.82, 2.24) is 10.1 Å². The molecule has 2 rings (SSSR count). The van der Waals surface area contributed by atoms with Crippen molar-refractivity contribution >= 4 is 21.6 Å². The number of hydrogen-bond donors (Lipinski definition) is 1. The Morgan fingerprint density at radius 3 is 2.68 bits per heavy atom. The molecule has 0 atom stereocenters. The summed E-state index contributed by atoms with van der Waals surface area (Å²) in [5, 5.41) is 7.48. The number of nitrogens with one attached hydrogen (secondary N) is 1. The van der Waals surface area contributed by atoms with E-state index >= 15 is 0 Å². The van der Waals surface area contributed by atoms with Gasteiger partial charge in [0.15, 0.2) is 5.82 Å². The largest absolute Gasteiger partial charge is 0.385 e. The van der Waals surface area contributed by atoms with Crippen LogP contribution in [0.4, 0.5) is 5.69 Å². The predicted octanol–water partition coefficient (Wildman–Crippen LogP) is 4.95. The first-order valence-electron chi connectivity index (χ1n) is 7.77. The second-order valence-electron chi connectivity index (χ2n) is 6.51. The Balaban J connectivity index is 1.62. The van der Waals surface area contributed by atoms with Gasteiger partial charge in [0, 0.05) is 28.5 Å². The van der Waals surface area contributed by atoms with E-state index in [0.29, 0.717) is 0 Å². The van der Waals surface area contributed by atoms with Gasteiger partial charge in [-0.3, -0.25) is 0 Å². The molecule has 5 heteroatoms. The summed E-state index contributed by atoms with van der Waals surface area (Å²) < 4.78 is 6.40. The number of nitrogens with zero attached hydrogens (tertiary/aromatic N) is 2. The molecule has 4 nitrogen and oxygen atoms in total. The van der Waals surface area contributed by atoms with E-state index in [9.17, 15) is 0 Å². The van der Waals surface area contributed by atoms with Gasteiger partial charge in [0.1, 0.15) is 0 Å². The molecule has 0 amide bonds. The zero-order valence-corrected chi connectivity index (χ0v) is 15.1. The zero-order chi connectivity index (χ0) is 16.0. The number of benzene rings is 1. The monoisotopic (exact) mass is 365 g/mol. The molecule has 0 aliphatic rings. The summed E-state index contributed by atoms with van der Waals surface area (Å²) in [5.41, 5.74) is 1.08. The Morgan fingerprint density at radius 1 is 1.18 bits per heavy atom. The molecule has 0 fully saturated rings. The Labute approximate surface area is 140 Å². The van der Waals surface area contributed by atoms with E-state index in [1.54, 1.807) is 0 Å². The summed E-state index contributed by atoms with van der Waals surface area (Å²) in [6.45, 7) is 7.23. The number of unbranched alkanes of at least 4 members (excludes halogenated alkanes) is 2. The zero-order valence-electron chi connectivity index (χ0n) is 13.5. The van der Waals surface area contributed by atoms with Gasteiger partial charge in [-0.1, -0.05) is 54.3 Å². The van der Waals surface area contributed by atoms with E-state index in [1.807, 2.05) is 12.1 Å². The first-order valence-corrected chi connectivity index (χ1v) is 8.57. The molecule has 0 saturated heterocycles. The third kappa shape index (κ3) is 5.44. The normalized spacial score (nSPS) is 11.6. The first-order chi connectivity index (χ1) is 10.4. The highest BCUT2D eigenvalue weighted by Crippen LogP contribution is 2.20. The van der Waals surface area contributed by atoms with Crippen LogP contribution in [-0.2, 0) is 11.8 Å². The smallest absolute Gasteiger partial charge is 0.232 e. The van der Waals surface area contributed by atoms with Gasteiger partial charge in [0.2, 0.25) is 5.89 Å². The number of anilines is 1. The van der Waals surface area contributed by atoms with Crippen LogP contribution in [-0.4, -0.2) is 16.7 Å². The summed E-state index contributed by atoms with van der Waals surface area (Å²) in [6.07, 6.45) is 4.26. The maximum Gasteiger partial charge on any atom is 0.232 e. The number of hydrogen-bond acceptors (Lipinski definition) is 4. The third-order valence-electron chi connectivity index (χ3n) is 3.34. The van der Waals surface area contributed by atoms with Gasteiger partial charge in [0.05, 0.1) is 0 Å². The van der Waals surface area contributed by atoms with Crippen LogP contribution >= 0.6 is 15.9 Å². The molecule has 1 N–H and O–H groups in total. The standard InChI is InChI=1S/C17H24BrN3O/c1-17(2,3)16-20-15(21-22-16)10-5-4-6-11-19-14-9-7-8-13(18)12-14/h7-9,12,19H,4-6,10-11H2,1-3H3. The summed E-state index contributed by atoms with van der Waals surface area (Å²) in [4.78, 5) is 4.46. The second kappa shape index (κ2) is 7.77. The van der Waals surface area contributed by atoms with Gasteiger partial charge in [-0.2, -0.15) is 4.98 Å². The fraction of sp³-hybridized carbons (Fsp3) is 0.529. The molecular weight excluding hydrogens is 342 g/mol. The molecule has 2 aromatic rings. The molecule has 22 heavy (non-hydrogen) atoms. The summed E-state index contributed by atoms with van der Waals surface area (Å²) in [6, 6.07) is 8.24. The second-order valence-corrected chi connectivity index (χ2v) is 7.43. The van der Waals surface area contributed by atoms with E-state index in [4.69, 9.17) is 4.52 Å². The molecule has 0 bridgehead atoms. The predicted molar refractivity (Wildman–Crippen MR) is 93.2 cm³/mol. The van der Waals surface area contributed by atoms with Crippen molar-refractivity contribution in [1.29, 1.82) is 0 Å². The lowest BCUT2D eigenvalue weighted by atomic mass is 9.97. The van der Waals surface area contributed by atoms with Crippen molar-refractivity contribution in [2.75, 3.05) is 11.9 Å². The van der Waals surface area contributed by atoms with Crippen molar-refractivity contribution in [3.8, 4) is 0 Å². The van der Waals surface area contributed by atoms with Crippen LogP contribution in [0.25, 0.3) is 0 Å². The van der Waals surface area contributed by atoms with Gasteiger partial charge in [-0.15, -0.1) is 0 Å². The Morgan fingerprint density at radius 2 is 2.00 bits per heavy atom. The SMILES string of the molecule is CC(C)(C)c1nc(CCCCCNc2cccc(Br)c2)no1. The molecule has 120 valence electrons. The van der Waals surface area contributed by atoms with Gasteiger partial charge >= 0.3 is 0 Å².